The van der Waals surface area contributed by atoms with E-state index in [0.29, 0.717) is 10.8 Å². The van der Waals surface area contributed by atoms with Gasteiger partial charge >= 0.3 is 0 Å². The van der Waals surface area contributed by atoms with E-state index >= 15 is 0 Å². The summed E-state index contributed by atoms with van der Waals surface area (Å²) in [6, 6.07) is 14.1. The number of ether oxygens (including phenoxy) is 1. The van der Waals surface area contributed by atoms with Gasteiger partial charge in [0.05, 0.1) is 18.8 Å². The molecule has 0 fully saturated rings. The Bertz CT molecular complexity index is 616. The first-order valence-electron chi connectivity index (χ1n) is 6.56. The average molecular weight is 304 g/mol. The molecule has 0 unspecified atom stereocenters. The summed E-state index contributed by atoms with van der Waals surface area (Å²) in [5, 5.41) is 6.35. The summed E-state index contributed by atoms with van der Waals surface area (Å²) in [5.74, 6) is 0.469. The minimum absolute atomic E-state index is 0.00248. The van der Waals surface area contributed by atoms with Gasteiger partial charge in [-0.1, -0.05) is 24.3 Å². The standard InChI is InChI=1S/C16H17FN2OS/c1-11(12-7-9-13(20-2)10-8-12)18-16(21)19-15-6-4-3-5-14(15)17/h3-11H,1-2H3,(H2,18,19,21)/t11-/m0/s1. The topological polar surface area (TPSA) is 33.3 Å². The molecule has 0 aliphatic heterocycles. The Hall–Kier alpha value is -2.14. The minimum atomic E-state index is -0.334. The molecule has 2 N–H and O–H groups in total. The highest BCUT2D eigenvalue weighted by Crippen LogP contribution is 2.18. The molecule has 0 heterocycles. The van der Waals surface area contributed by atoms with Gasteiger partial charge in [-0.15, -0.1) is 0 Å². The molecule has 0 saturated carbocycles. The Balaban J connectivity index is 1.97. The van der Waals surface area contributed by atoms with Crippen molar-refractivity contribution in [3.63, 3.8) is 0 Å². The predicted octanol–water partition coefficient (Wildman–Crippen LogP) is 3.88. The van der Waals surface area contributed by atoms with Crippen molar-refractivity contribution < 1.29 is 9.13 Å². The maximum Gasteiger partial charge on any atom is 0.171 e. The molecule has 0 aliphatic carbocycles. The van der Waals surface area contributed by atoms with Gasteiger partial charge in [0.25, 0.3) is 0 Å². The zero-order valence-electron chi connectivity index (χ0n) is 11.9. The summed E-state index contributed by atoms with van der Waals surface area (Å²) < 4.78 is 18.7. The minimum Gasteiger partial charge on any atom is -0.497 e. The lowest BCUT2D eigenvalue weighted by molar-refractivity contribution is 0.414. The number of rotatable bonds is 4. The molecule has 0 spiro atoms. The van der Waals surface area contributed by atoms with Crippen molar-refractivity contribution in [2.75, 3.05) is 12.4 Å². The first-order chi connectivity index (χ1) is 10.1. The zero-order valence-corrected chi connectivity index (χ0v) is 12.7. The lowest BCUT2D eigenvalue weighted by Gasteiger charge is -2.18. The van der Waals surface area contributed by atoms with Gasteiger partial charge in [-0.25, -0.2) is 4.39 Å². The fraction of sp³-hybridized carbons (Fsp3) is 0.188. The first-order valence-corrected chi connectivity index (χ1v) is 6.97. The second-order valence-corrected chi connectivity index (χ2v) is 4.98. The molecule has 2 aromatic carbocycles. The van der Waals surface area contributed by atoms with Gasteiger partial charge in [-0.05, 0) is 49.0 Å². The summed E-state index contributed by atoms with van der Waals surface area (Å²) in [6.45, 7) is 1.98. The van der Waals surface area contributed by atoms with Crippen LogP contribution in [0.3, 0.4) is 0 Å². The lowest BCUT2D eigenvalue weighted by atomic mass is 10.1. The van der Waals surface area contributed by atoms with Gasteiger partial charge in [0.15, 0.2) is 5.11 Å². The summed E-state index contributed by atoms with van der Waals surface area (Å²) in [7, 11) is 1.63. The fourth-order valence-electron chi connectivity index (χ4n) is 1.89. The Kier molecular flexibility index (Phi) is 5.11. The number of para-hydroxylation sites is 1. The SMILES string of the molecule is COc1ccc([C@H](C)NC(=S)Nc2ccccc2F)cc1. The van der Waals surface area contributed by atoms with Crippen LogP contribution in [0.1, 0.15) is 18.5 Å². The molecule has 2 rings (SSSR count). The van der Waals surface area contributed by atoms with Crippen LogP contribution in [0.25, 0.3) is 0 Å². The van der Waals surface area contributed by atoms with E-state index in [1.807, 2.05) is 31.2 Å². The number of thiocarbonyl (C=S) groups is 1. The Morgan fingerprint density at radius 2 is 1.81 bits per heavy atom. The van der Waals surface area contributed by atoms with E-state index < -0.39 is 0 Å². The Morgan fingerprint density at radius 3 is 2.43 bits per heavy atom. The summed E-state index contributed by atoms with van der Waals surface area (Å²) in [5.41, 5.74) is 1.42. The number of hydrogen-bond donors (Lipinski definition) is 2. The smallest absolute Gasteiger partial charge is 0.171 e. The molecule has 21 heavy (non-hydrogen) atoms. The van der Waals surface area contributed by atoms with Crippen molar-refractivity contribution in [1.29, 1.82) is 0 Å². The fourth-order valence-corrected chi connectivity index (χ4v) is 2.18. The van der Waals surface area contributed by atoms with Crippen LogP contribution in [0.2, 0.25) is 0 Å². The van der Waals surface area contributed by atoms with E-state index in [0.717, 1.165) is 11.3 Å². The van der Waals surface area contributed by atoms with E-state index in [9.17, 15) is 4.39 Å². The third kappa shape index (κ3) is 4.16. The Morgan fingerprint density at radius 1 is 1.14 bits per heavy atom. The quantitative estimate of drug-likeness (QED) is 0.840. The van der Waals surface area contributed by atoms with Crippen LogP contribution < -0.4 is 15.4 Å². The monoisotopic (exact) mass is 304 g/mol. The van der Waals surface area contributed by atoms with Crippen molar-refractivity contribution >= 4 is 23.0 Å². The van der Waals surface area contributed by atoms with Crippen LogP contribution >= 0.6 is 12.2 Å². The number of benzene rings is 2. The van der Waals surface area contributed by atoms with E-state index in [1.165, 1.54) is 6.07 Å². The predicted molar refractivity (Wildman–Crippen MR) is 87.2 cm³/mol. The van der Waals surface area contributed by atoms with Crippen molar-refractivity contribution in [3.8, 4) is 5.75 Å². The van der Waals surface area contributed by atoms with Gasteiger partial charge in [-0.2, -0.15) is 0 Å². The van der Waals surface area contributed by atoms with Gasteiger partial charge < -0.3 is 15.4 Å². The van der Waals surface area contributed by atoms with Crippen molar-refractivity contribution in [3.05, 3.63) is 59.9 Å². The van der Waals surface area contributed by atoms with E-state index in [1.54, 1.807) is 25.3 Å². The molecule has 2 aromatic rings. The normalized spacial score (nSPS) is 11.6. The molecule has 0 saturated heterocycles. The van der Waals surface area contributed by atoms with Crippen LogP contribution in [0, 0.1) is 5.82 Å². The van der Waals surface area contributed by atoms with Crippen LogP contribution in [0.15, 0.2) is 48.5 Å². The molecule has 0 aliphatic rings. The van der Waals surface area contributed by atoms with E-state index in [-0.39, 0.29) is 11.9 Å². The van der Waals surface area contributed by atoms with Crippen LogP contribution in [0.4, 0.5) is 10.1 Å². The highest BCUT2D eigenvalue weighted by Gasteiger charge is 2.08. The summed E-state index contributed by atoms with van der Waals surface area (Å²) in [6.07, 6.45) is 0. The highest BCUT2D eigenvalue weighted by molar-refractivity contribution is 7.80. The second-order valence-electron chi connectivity index (χ2n) is 4.57. The zero-order chi connectivity index (χ0) is 15.2. The first kappa shape index (κ1) is 15.3. The second kappa shape index (κ2) is 7.04. The van der Waals surface area contributed by atoms with E-state index in [4.69, 9.17) is 17.0 Å². The third-order valence-electron chi connectivity index (χ3n) is 3.09. The van der Waals surface area contributed by atoms with Gasteiger partial charge in [0.2, 0.25) is 0 Å². The molecule has 0 aromatic heterocycles. The largest absolute Gasteiger partial charge is 0.497 e. The highest BCUT2D eigenvalue weighted by atomic mass is 32.1. The van der Waals surface area contributed by atoms with Crippen LogP contribution in [-0.4, -0.2) is 12.2 Å². The Labute approximate surface area is 129 Å². The average Bonchev–Trinajstić information content (AvgIpc) is 2.49. The molecular weight excluding hydrogens is 287 g/mol. The molecule has 1 atom stereocenters. The third-order valence-corrected chi connectivity index (χ3v) is 3.31. The molecule has 0 amide bonds. The molecular formula is C16H17FN2OS. The van der Waals surface area contributed by atoms with Crippen molar-refractivity contribution in [2.45, 2.75) is 13.0 Å². The lowest BCUT2D eigenvalue weighted by Crippen LogP contribution is -2.31. The summed E-state index contributed by atoms with van der Waals surface area (Å²) >= 11 is 5.21. The maximum absolute atomic E-state index is 13.5. The number of methoxy groups -OCH3 is 1. The van der Waals surface area contributed by atoms with Gasteiger partial charge in [0, 0.05) is 0 Å². The number of halogens is 1. The molecule has 0 radical (unpaired) electrons. The molecule has 3 nitrogen and oxygen atoms in total. The number of nitrogens with one attached hydrogen (secondary N) is 2. The van der Waals surface area contributed by atoms with Gasteiger partial charge in [-0.3, -0.25) is 0 Å². The van der Waals surface area contributed by atoms with Crippen molar-refractivity contribution in [1.82, 2.24) is 5.32 Å². The van der Waals surface area contributed by atoms with Crippen LogP contribution in [0.5, 0.6) is 5.75 Å². The molecule has 0 bridgehead atoms. The maximum atomic E-state index is 13.5. The number of anilines is 1. The van der Waals surface area contributed by atoms with Crippen molar-refractivity contribution in [2.24, 2.45) is 0 Å². The molecule has 5 heteroatoms. The van der Waals surface area contributed by atoms with Gasteiger partial charge in [0.1, 0.15) is 11.6 Å². The molecule has 110 valence electrons. The van der Waals surface area contributed by atoms with Crippen LogP contribution in [-0.2, 0) is 0 Å². The number of hydrogen-bond acceptors (Lipinski definition) is 2. The summed E-state index contributed by atoms with van der Waals surface area (Å²) in [4.78, 5) is 0. The van der Waals surface area contributed by atoms with E-state index in [2.05, 4.69) is 10.6 Å².